The van der Waals surface area contributed by atoms with Gasteiger partial charge in [0, 0.05) is 29.2 Å². The Morgan fingerprint density at radius 1 is 0.971 bits per heavy atom. The molecule has 10 heteroatoms. The number of benzene rings is 2. The number of halogens is 2. The third kappa shape index (κ3) is 7.70. The van der Waals surface area contributed by atoms with Crippen molar-refractivity contribution in [2.75, 3.05) is 13.6 Å². The van der Waals surface area contributed by atoms with Gasteiger partial charge in [0.25, 0.3) is 0 Å². The van der Waals surface area contributed by atoms with Gasteiger partial charge in [-0.15, -0.1) is 0 Å². The Kier molecular flexibility index (Phi) is 9.53. The first kappa shape index (κ1) is 28.1. The van der Waals surface area contributed by atoms with Crippen LogP contribution in [0.25, 0.3) is 0 Å². The fraction of sp³-hybridized carbons (Fsp3) is 0.417. The highest BCUT2D eigenvalue weighted by atomic mass is 35.5. The van der Waals surface area contributed by atoms with Crippen LogP contribution in [-0.4, -0.2) is 54.6 Å². The van der Waals surface area contributed by atoms with Crippen molar-refractivity contribution in [3.63, 3.8) is 0 Å². The monoisotopic (exact) mass is 527 g/mol. The first-order chi connectivity index (χ1) is 15.7. The number of amides is 2. The van der Waals surface area contributed by atoms with E-state index in [1.165, 1.54) is 36.2 Å². The standard InChI is InChI=1S/C24H31Cl2N3O4S/c1-6-21(23(31)27-24(2,3)4)29(15-17-7-9-18(25)10-8-17)22(30)16-28(5)34(32,33)20-13-11-19(26)12-14-20/h7-14,21H,6,15-16H2,1-5H3,(H,27,31). The molecule has 1 atom stereocenters. The van der Waals surface area contributed by atoms with E-state index in [-0.39, 0.29) is 17.3 Å². The molecule has 0 fully saturated rings. The predicted octanol–water partition coefficient (Wildman–Crippen LogP) is 4.34. The summed E-state index contributed by atoms with van der Waals surface area (Å²) in [5, 5.41) is 3.87. The molecule has 0 radical (unpaired) electrons. The van der Waals surface area contributed by atoms with Crippen LogP contribution in [0, 0.1) is 0 Å². The van der Waals surface area contributed by atoms with Gasteiger partial charge in [-0.25, -0.2) is 8.42 Å². The highest BCUT2D eigenvalue weighted by molar-refractivity contribution is 7.89. The second-order valence-corrected chi connectivity index (χ2v) is 11.9. The van der Waals surface area contributed by atoms with Gasteiger partial charge < -0.3 is 10.2 Å². The van der Waals surface area contributed by atoms with Gasteiger partial charge in [-0.05, 0) is 69.2 Å². The molecule has 2 aromatic rings. The SMILES string of the molecule is CCC(C(=O)NC(C)(C)C)N(Cc1ccc(Cl)cc1)C(=O)CN(C)S(=O)(=O)c1ccc(Cl)cc1. The topological polar surface area (TPSA) is 86.8 Å². The van der Waals surface area contributed by atoms with Crippen molar-refractivity contribution >= 4 is 45.0 Å². The van der Waals surface area contributed by atoms with Gasteiger partial charge in [0.2, 0.25) is 21.8 Å². The lowest BCUT2D eigenvalue weighted by atomic mass is 10.1. The molecule has 0 aliphatic carbocycles. The van der Waals surface area contributed by atoms with Gasteiger partial charge in [-0.1, -0.05) is 42.3 Å². The predicted molar refractivity (Wildman–Crippen MR) is 135 cm³/mol. The summed E-state index contributed by atoms with van der Waals surface area (Å²) in [6.45, 7) is 7.07. The summed E-state index contributed by atoms with van der Waals surface area (Å²) in [7, 11) is -2.60. The lowest BCUT2D eigenvalue weighted by molar-refractivity contribution is -0.142. The number of carbonyl (C=O) groups excluding carboxylic acids is 2. The second-order valence-electron chi connectivity index (χ2n) is 9.03. The van der Waals surface area contributed by atoms with E-state index in [2.05, 4.69) is 5.32 Å². The van der Waals surface area contributed by atoms with E-state index >= 15 is 0 Å². The number of carbonyl (C=O) groups is 2. The maximum absolute atomic E-state index is 13.4. The summed E-state index contributed by atoms with van der Waals surface area (Å²) >= 11 is 11.8. The summed E-state index contributed by atoms with van der Waals surface area (Å²) in [5.74, 6) is -0.800. The molecule has 0 saturated heterocycles. The summed E-state index contributed by atoms with van der Waals surface area (Å²) in [6.07, 6.45) is 0.356. The smallest absolute Gasteiger partial charge is 0.243 e. The van der Waals surface area contributed by atoms with Crippen LogP contribution >= 0.6 is 23.2 Å². The number of nitrogens with one attached hydrogen (secondary N) is 1. The molecule has 2 rings (SSSR count). The van der Waals surface area contributed by atoms with E-state index in [1.54, 1.807) is 24.3 Å². The van der Waals surface area contributed by atoms with Crippen LogP contribution in [0.5, 0.6) is 0 Å². The number of nitrogens with zero attached hydrogens (tertiary/aromatic N) is 2. The van der Waals surface area contributed by atoms with E-state index in [0.29, 0.717) is 16.5 Å². The fourth-order valence-electron chi connectivity index (χ4n) is 3.31. The van der Waals surface area contributed by atoms with E-state index < -0.39 is 34.1 Å². The first-order valence-corrected chi connectivity index (χ1v) is 13.0. The molecule has 1 N–H and O–H groups in total. The lowest BCUT2D eigenvalue weighted by Crippen LogP contribution is -2.55. The van der Waals surface area contributed by atoms with Crippen molar-refractivity contribution in [2.24, 2.45) is 0 Å². The van der Waals surface area contributed by atoms with Crippen LogP contribution < -0.4 is 5.32 Å². The number of sulfonamides is 1. The largest absolute Gasteiger partial charge is 0.350 e. The van der Waals surface area contributed by atoms with Crippen LogP contribution in [0.2, 0.25) is 10.0 Å². The minimum Gasteiger partial charge on any atom is -0.350 e. The molecule has 0 aliphatic rings. The van der Waals surface area contributed by atoms with Crippen LogP contribution in [0.1, 0.15) is 39.7 Å². The Morgan fingerprint density at radius 3 is 1.94 bits per heavy atom. The van der Waals surface area contributed by atoms with Crippen LogP contribution in [-0.2, 0) is 26.2 Å². The summed E-state index contributed by atoms with van der Waals surface area (Å²) in [6, 6.07) is 11.9. The van der Waals surface area contributed by atoms with Gasteiger partial charge in [0.1, 0.15) is 6.04 Å². The quantitative estimate of drug-likeness (QED) is 0.525. The Hall–Kier alpha value is -2.13. The minimum atomic E-state index is -3.94. The summed E-state index contributed by atoms with van der Waals surface area (Å²) < 4.78 is 26.9. The summed E-state index contributed by atoms with van der Waals surface area (Å²) in [4.78, 5) is 27.9. The normalized spacial score (nSPS) is 12.9. The van der Waals surface area contributed by atoms with Crippen molar-refractivity contribution in [3.05, 3.63) is 64.1 Å². The van der Waals surface area contributed by atoms with Gasteiger partial charge in [-0.3, -0.25) is 9.59 Å². The molecule has 34 heavy (non-hydrogen) atoms. The number of likely N-dealkylation sites (N-methyl/N-ethyl adjacent to an activating group) is 1. The van der Waals surface area contributed by atoms with Crippen molar-refractivity contribution < 1.29 is 18.0 Å². The van der Waals surface area contributed by atoms with E-state index in [9.17, 15) is 18.0 Å². The zero-order chi connectivity index (χ0) is 25.7. The molecule has 2 amide bonds. The molecule has 0 aliphatic heterocycles. The van der Waals surface area contributed by atoms with Crippen molar-refractivity contribution in [2.45, 2.75) is 57.1 Å². The Balaban J connectivity index is 2.34. The summed E-state index contributed by atoms with van der Waals surface area (Å²) in [5.41, 5.74) is 0.275. The van der Waals surface area contributed by atoms with E-state index in [0.717, 1.165) is 9.87 Å². The zero-order valence-electron chi connectivity index (χ0n) is 20.0. The molecule has 1 unspecified atom stereocenters. The van der Waals surface area contributed by atoms with Crippen LogP contribution in [0.4, 0.5) is 0 Å². The minimum absolute atomic E-state index is 0.0222. The van der Waals surface area contributed by atoms with Gasteiger partial charge in [0.15, 0.2) is 0 Å². The molecule has 0 saturated carbocycles. The average Bonchev–Trinajstić information content (AvgIpc) is 2.74. The molecule has 7 nitrogen and oxygen atoms in total. The fourth-order valence-corrected chi connectivity index (χ4v) is 4.68. The maximum atomic E-state index is 13.4. The van der Waals surface area contributed by atoms with Gasteiger partial charge >= 0.3 is 0 Å². The van der Waals surface area contributed by atoms with Gasteiger partial charge in [0.05, 0.1) is 11.4 Å². The average molecular weight is 529 g/mol. The molecule has 0 bridgehead atoms. The van der Waals surface area contributed by atoms with Gasteiger partial charge in [-0.2, -0.15) is 4.31 Å². The van der Waals surface area contributed by atoms with E-state index in [1.807, 2.05) is 27.7 Å². The molecular formula is C24H31Cl2N3O4S. The molecule has 0 heterocycles. The van der Waals surface area contributed by atoms with Crippen LogP contribution in [0.15, 0.2) is 53.4 Å². The second kappa shape index (κ2) is 11.5. The molecule has 186 valence electrons. The number of hydrogen-bond donors (Lipinski definition) is 1. The van der Waals surface area contributed by atoms with Crippen LogP contribution in [0.3, 0.4) is 0 Å². The molecule has 2 aromatic carbocycles. The molecular weight excluding hydrogens is 497 g/mol. The highest BCUT2D eigenvalue weighted by Gasteiger charge is 2.33. The number of hydrogen-bond acceptors (Lipinski definition) is 4. The lowest BCUT2D eigenvalue weighted by Gasteiger charge is -2.34. The Bertz CT molecular complexity index is 1100. The molecule has 0 spiro atoms. The number of rotatable bonds is 9. The Morgan fingerprint density at radius 2 is 1.47 bits per heavy atom. The van der Waals surface area contributed by atoms with Crippen molar-refractivity contribution in [1.29, 1.82) is 0 Å². The first-order valence-electron chi connectivity index (χ1n) is 10.8. The molecule has 0 aromatic heterocycles. The van der Waals surface area contributed by atoms with E-state index in [4.69, 9.17) is 23.2 Å². The zero-order valence-corrected chi connectivity index (χ0v) is 22.3. The van der Waals surface area contributed by atoms with Crippen molar-refractivity contribution in [1.82, 2.24) is 14.5 Å². The third-order valence-electron chi connectivity index (χ3n) is 5.03. The Labute approximate surface area is 212 Å². The highest BCUT2D eigenvalue weighted by Crippen LogP contribution is 2.20. The van der Waals surface area contributed by atoms with Crippen molar-refractivity contribution in [3.8, 4) is 0 Å². The third-order valence-corrected chi connectivity index (χ3v) is 7.35. The maximum Gasteiger partial charge on any atom is 0.243 e.